The van der Waals surface area contributed by atoms with E-state index in [1.165, 1.54) is 6.07 Å². The molecule has 3 rings (SSSR count). The Morgan fingerprint density at radius 2 is 1.49 bits per heavy atom. The van der Waals surface area contributed by atoms with Crippen LogP contribution in [0.4, 0.5) is 4.39 Å². The summed E-state index contributed by atoms with van der Waals surface area (Å²) in [6, 6.07) is 7.43. The number of rotatable bonds is 6. The fourth-order valence-electron chi connectivity index (χ4n) is 5.67. The van der Waals surface area contributed by atoms with Crippen molar-refractivity contribution in [3.63, 3.8) is 0 Å². The fraction of sp³-hybridized carbons (Fsp3) is 0.586. The summed E-state index contributed by atoms with van der Waals surface area (Å²) in [5.41, 5.74) is 6.33. The molecule has 0 atom stereocenters. The van der Waals surface area contributed by atoms with Crippen LogP contribution in [0.25, 0.3) is 10.8 Å². The quantitative estimate of drug-likeness (QED) is 0.319. The third-order valence-corrected chi connectivity index (χ3v) is 14.5. The molecule has 0 bridgehead atoms. The Morgan fingerprint density at radius 3 is 1.97 bits per heavy atom. The van der Waals surface area contributed by atoms with E-state index >= 15 is 4.39 Å². The first-order chi connectivity index (χ1) is 16.2. The van der Waals surface area contributed by atoms with Crippen LogP contribution < -0.4 is 5.46 Å². The molecule has 0 saturated carbocycles. The second-order valence-corrected chi connectivity index (χ2v) is 17.5. The van der Waals surface area contributed by atoms with Crippen LogP contribution in [-0.4, -0.2) is 33.5 Å². The summed E-state index contributed by atoms with van der Waals surface area (Å²) in [7, 11) is -0.996. The normalized spacial score (nSPS) is 17.5. The molecule has 1 aliphatic rings. The topological polar surface area (TPSA) is 27.7 Å². The monoisotopic (exact) mass is 496 g/mol. The van der Waals surface area contributed by atoms with Gasteiger partial charge in [-0.05, 0) is 72.9 Å². The molecule has 0 radical (unpaired) electrons. The van der Waals surface area contributed by atoms with E-state index in [4.69, 9.17) is 14.0 Å². The van der Waals surface area contributed by atoms with E-state index in [1.54, 1.807) is 7.11 Å². The van der Waals surface area contributed by atoms with Crippen molar-refractivity contribution >= 4 is 31.4 Å². The Kier molecular flexibility index (Phi) is 7.99. The van der Waals surface area contributed by atoms with Gasteiger partial charge in [-0.3, -0.25) is 0 Å². The van der Waals surface area contributed by atoms with E-state index in [0.29, 0.717) is 28.8 Å². The van der Waals surface area contributed by atoms with Crippen molar-refractivity contribution in [3.8, 4) is 11.5 Å². The number of methoxy groups -OCH3 is 1. The predicted octanol–water partition coefficient (Wildman–Crippen LogP) is 6.99. The van der Waals surface area contributed by atoms with Crippen LogP contribution in [-0.2, 0) is 20.7 Å². The number of ether oxygens (including phenoxy) is 1. The van der Waals surface area contributed by atoms with Crippen LogP contribution >= 0.6 is 0 Å². The van der Waals surface area contributed by atoms with Gasteiger partial charge in [0.05, 0.1) is 23.4 Å². The standard InChI is InChI=1S/C29H42BFO3Si/c1-19(2)35(20(3)4,21(5)6)15-14-24-26(31)13-12-23-16-22(18-32-11)17-25(27(23)24)30-33-28(7,8)29(9,10)34-30/h12-13,16-17,19-21H,18H2,1-11H3. The Bertz CT molecular complexity index is 1110. The Hall–Kier alpha value is -1.65. The van der Waals surface area contributed by atoms with E-state index in [0.717, 1.165) is 21.8 Å². The smallest absolute Gasteiger partial charge is 0.399 e. The molecule has 0 spiro atoms. The minimum Gasteiger partial charge on any atom is -0.399 e. The molecule has 3 nitrogen and oxygen atoms in total. The molecule has 0 N–H and O–H groups in total. The van der Waals surface area contributed by atoms with E-state index in [2.05, 4.69) is 59.1 Å². The predicted molar refractivity (Wildman–Crippen MR) is 148 cm³/mol. The van der Waals surface area contributed by atoms with Gasteiger partial charge >= 0.3 is 7.12 Å². The van der Waals surface area contributed by atoms with Crippen LogP contribution in [0, 0.1) is 17.3 Å². The van der Waals surface area contributed by atoms with Crippen LogP contribution in [0.15, 0.2) is 24.3 Å². The molecule has 6 heteroatoms. The highest BCUT2D eigenvalue weighted by atomic mass is 28.3. The zero-order chi connectivity index (χ0) is 26.3. The summed E-state index contributed by atoms with van der Waals surface area (Å²) < 4.78 is 33.8. The third kappa shape index (κ3) is 4.98. The highest BCUT2D eigenvalue weighted by Gasteiger charge is 2.52. The Morgan fingerprint density at radius 1 is 0.943 bits per heavy atom. The summed E-state index contributed by atoms with van der Waals surface area (Å²) in [5.74, 6) is 3.09. The van der Waals surface area contributed by atoms with Crippen molar-refractivity contribution < 1.29 is 18.4 Å². The molecular weight excluding hydrogens is 454 g/mol. The number of benzene rings is 2. The fourth-order valence-corrected chi connectivity index (χ4v) is 10.9. The van der Waals surface area contributed by atoms with E-state index in [9.17, 15) is 0 Å². The van der Waals surface area contributed by atoms with Crippen molar-refractivity contribution in [3.05, 3.63) is 41.2 Å². The zero-order valence-electron chi connectivity index (χ0n) is 23.4. The molecule has 2 aromatic carbocycles. The molecule has 0 aromatic heterocycles. The second-order valence-electron chi connectivity index (χ2n) is 11.9. The third-order valence-electron chi connectivity index (χ3n) is 8.25. The van der Waals surface area contributed by atoms with Crippen molar-refractivity contribution in [2.45, 2.75) is 104 Å². The van der Waals surface area contributed by atoms with Gasteiger partial charge in [0.25, 0.3) is 0 Å². The van der Waals surface area contributed by atoms with Crippen LogP contribution in [0.5, 0.6) is 0 Å². The van der Waals surface area contributed by atoms with E-state index in [1.807, 2.05) is 39.8 Å². The van der Waals surface area contributed by atoms with Gasteiger partial charge in [-0.1, -0.05) is 59.6 Å². The van der Waals surface area contributed by atoms with Gasteiger partial charge in [0.15, 0.2) is 0 Å². The average Bonchev–Trinajstić information content (AvgIpc) is 2.95. The molecule has 1 fully saturated rings. The van der Waals surface area contributed by atoms with Gasteiger partial charge in [-0.15, -0.1) is 5.54 Å². The van der Waals surface area contributed by atoms with Gasteiger partial charge in [0.2, 0.25) is 0 Å². The van der Waals surface area contributed by atoms with Crippen molar-refractivity contribution in [1.82, 2.24) is 0 Å². The summed E-state index contributed by atoms with van der Waals surface area (Å²) >= 11 is 0. The molecule has 0 amide bonds. The number of halogens is 1. The summed E-state index contributed by atoms with van der Waals surface area (Å²) in [6.45, 7) is 22.2. The van der Waals surface area contributed by atoms with Crippen molar-refractivity contribution in [2.24, 2.45) is 0 Å². The SMILES string of the molecule is COCc1cc(B2OC(C)(C)C(C)(C)O2)c2c(C#C[Si](C(C)C)(C(C)C)C(C)C)c(F)ccc2c1. The van der Waals surface area contributed by atoms with Crippen LogP contribution in [0.1, 0.15) is 80.4 Å². The highest BCUT2D eigenvalue weighted by Crippen LogP contribution is 2.41. The first-order valence-corrected chi connectivity index (χ1v) is 15.0. The van der Waals surface area contributed by atoms with Crippen molar-refractivity contribution in [1.29, 1.82) is 0 Å². The molecule has 0 aliphatic carbocycles. The molecule has 35 heavy (non-hydrogen) atoms. The molecule has 1 saturated heterocycles. The summed E-state index contributed by atoms with van der Waals surface area (Å²) in [6.07, 6.45) is 0. The molecule has 190 valence electrons. The van der Waals surface area contributed by atoms with Crippen molar-refractivity contribution in [2.75, 3.05) is 7.11 Å². The lowest BCUT2D eigenvalue weighted by atomic mass is 9.74. The van der Waals surface area contributed by atoms with Gasteiger partial charge in [-0.25, -0.2) is 4.39 Å². The summed E-state index contributed by atoms with van der Waals surface area (Å²) in [5, 5.41) is 1.69. The first-order valence-electron chi connectivity index (χ1n) is 12.8. The van der Waals surface area contributed by atoms with Gasteiger partial charge < -0.3 is 14.0 Å². The lowest BCUT2D eigenvalue weighted by molar-refractivity contribution is 0.00578. The maximum Gasteiger partial charge on any atom is 0.495 e. The van der Waals surface area contributed by atoms with E-state index < -0.39 is 26.4 Å². The van der Waals surface area contributed by atoms with Crippen LogP contribution in [0.3, 0.4) is 0 Å². The maximum atomic E-state index is 15.5. The Labute approximate surface area is 213 Å². The highest BCUT2D eigenvalue weighted by molar-refractivity contribution is 6.90. The lowest BCUT2D eigenvalue weighted by Crippen LogP contribution is -2.43. The molecule has 0 unspecified atom stereocenters. The minimum atomic E-state index is -2.05. The molecule has 1 aliphatic heterocycles. The molecular formula is C29H42BFO3Si. The maximum absolute atomic E-state index is 15.5. The van der Waals surface area contributed by atoms with Crippen LogP contribution in [0.2, 0.25) is 16.6 Å². The molecule has 2 aromatic rings. The number of hydrogen-bond donors (Lipinski definition) is 0. The molecule has 1 heterocycles. The lowest BCUT2D eigenvalue weighted by Gasteiger charge is -2.38. The van der Waals surface area contributed by atoms with Gasteiger partial charge in [0.1, 0.15) is 13.9 Å². The van der Waals surface area contributed by atoms with Gasteiger partial charge in [0, 0.05) is 12.5 Å². The average molecular weight is 497 g/mol. The zero-order valence-corrected chi connectivity index (χ0v) is 24.4. The number of fused-ring (bicyclic) bond motifs is 1. The van der Waals surface area contributed by atoms with E-state index in [-0.39, 0.29) is 5.82 Å². The second kappa shape index (κ2) is 10.0. The summed E-state index contributed by atoms with van der Waals surface area (Å²) in [4.78, 5) is 0. The number of hydrogen-bond acceptors (Lipinski definition) is 3. The first kappa shape index (κ1) is 27.9. The Balaban J connectivity index is 2.33. The largest absolute Gasteiger partial charge is 0.495 e. The van der Waals surface area contributed by atoms with Gasteiger partial charge in [-0.2, -0.15) is 0 Å². The minimum absolute atomic E-state index is 0.304.